The van der Waals surface area contributed by atoms with Crippen LogP contribution in [0.4, 0.5) is 0 Å². The molecule has 0 aliphatic carbocycles. The second kappa shape index (κ2) is 55.6. The predicted octanol–water partition coefficient (Wildman–Crippen LogP) is 10.4. The van der Waals surface area contributed by atoms with Gasteiger partial charge in [-0.2, -0.15) is 0 Å². The number of amides is 1. The highest BCUT2D eigenvalue weighted by Gasteiger charge is 2.53. The summed E-state index contributed by atoms with van der Waals surface area (Å²) in [4.78, 5) is 13.4. The highest BCUT2D eigenvalue weighted by Crippen LogP contribution is 2.33. The summed E-state index contributed by atoms with van der Waals surface area (Å²) in [7, 11) is 0. The lowest BCUT2D eigenvalue weighted by Gasteiger charge is -2.48. The standard InChI is InChI=1S/C75H129NO18/c1-3-5-7-9-11-13-15-17-19-21-23-25-26-27-28-29-30-31-32-33-35-37-39-41-43-45-47-49-51-53-63(81)76-58(59(80)52-50-48-46-44-42-40-38-36-34-24-22-20-18-16-14-12-10-8-6-4-2)57-89-73-69(87)66(84)71(61(55-78)91-73)94-75-70(88)67(85)72(62(56-79)92-75)93-74-68(86)65(83)64(82)60(54-77)90-74/h5,7,11,13,17,19,23,25,27-28,30-31,33,35,39,41,58-62,64-75,77-80,82-88H,3-4,6,8-10,12,14-16,18,20-22,24,26,29,32,34,36-38,40,42-57H2,1-2H3,(H,76,81)/b7-5-,13-11-,19-17-,25-23-,28-27-,31-30-,35-33-,41-39-. The van der Waals surface area contributed by atoms with Crippen LogP contribution < -0.4 is 5.32 Å². The number of carbonyl (C=O) groups is 1. The third-order valence-electron chi connectivity index (χ3n) is 17.7. The van der Waals surface area contributed by atoms with Gasteiger partial charge in [0.15, 0.2) is 18.9 Å². The molecular formula is C75H129NO18. The molecule has 0 radical (unpaired) electrons. The van der Waals surface area contributed by atoms with Crippen molar-refractivity contribution in [3.05, 3.63) is 97.2 Å². The van der Waals surface area contributed by atoms with E-state index in [-0.39, 0.29) is 18.9 Å². The lowest BCUT2D eigenvalue weighted by molar-refractivity contribution is -0.379. The van der Waals surface area contributed by atoms with E-state index in [1.54, 1.807) is 0 Å². The van der Waals surface area contributed by atoms with Crippen LogP contribution in [0.1, 0.15) is 239 Å². The molecule has 1 amide bonds. The quantitative estimate of drug-likeness (QED) is 0.0199. The molecule has 19 heteroatoms. The van der Waals surface area contributed by atoms with Gasteiger partial charge < -0.3 is 89.9 Å². The van der Waals surface area contributed by atoms with Crippen LogP contribution >= 0.6 is 0 Å². The highest BCUT2D eigenvalue weighted by atomic mass is 16.8. The van der Waals surface area contributed by atoms with Crippen molar-refractivity contribution in [1.82, 2.24) is 5.32 Å². The summed E-state index contributed by atoms with van der Waals surface area (Å²) in [6.07, 6.45) is 46.1. The van der Waals surface area contributed by atoms with E-state index in [4.69, 9.17) is 28.4 Å². The van der Waals surface area contributed by atoms with Gasteiger partial charge in [-0.05, 0) is 77.0 Å². The highest BCUT2D eigenvalue weighted by molar-refractivity contribution is 5.76. The molecule has 0 saturated carbocycles. The number of aliphatic hydroxyl groups excluding tert-OH is 11. The molecule has 3 aliphatic rings. The fourth-order valence-corrected chi connectivity index (χ4v) is 11.8. The van der Waals surface area contributed by atoms with Crippen molar-refractivity contribution in [1.29, 1.82) is 0 Å². The van der Waals surface area contributed by atoms with E-state index < -0.39 is 124 Å². The van der Waals surface area contributed by atoms with Crippen LogP contribution in [-0.2, 0) is 33.2 Å². The van der Waals surface area contributed by atoms with Gasteiger partial charge in [-0.1, -0.05) is 252 Å². The van der Waals surface area contributed by atoms with Gasteiger partial charge in [-0.3, -0.25) is 4.79 Å². The number of hydrogen-bond acceptors (Lipinski definition) is 18. The fourth-order valence-electron chi connectivity index (χ4n) is 11.8. The summed E-state index contributed by atoms with van der Waals surface area (Å²) < 4.78 is 34.4. The average molecular weight is 1330 g/mol. The molecule has 3 saturated heterocycles. The van der Waals surface area contributed by atoms with Gasteiger partial charge >= 0.3 is 0 Å². The summed E-state index contributed by atoms with van der Waals surface area (Å²) in [6.45, 7) is 1.67. The van der Waals surface area contributed by atoms with Gasteiger partial charge in [0.25, 0.3) is 0 Å². The number of allylic oxidation sites excluding steroid dienone is 16. The summed E-state index contributed by atoms with van der Waals surface area (Å²) in [5.41, 5.74) is 0. The Labute approximate surface area is 564 Å². The van der Waals surface area contributed by atoms with E-state index in [1.165, 1.54) is 103 Å². The van der Waals surface area contributed by atoms with Crippen LogP contribution in [0.5, 0.6) is 0 Å². The number of rotatable bonds is 55. The molecule has 3 heterocycles. The SMILES string of the molecule is CC/C=C\C/C=C\C/C=C\C/C=C\C/C=C\C/C=C\C/C=C\C/C=C\CCCCCCC(=O)NC(COC1OC(CO)C(OC2OC(CO)C(OC3OC(CO)C(O)C(O)C3O)C(O)C2O)C(O)C1O)C(O)CCCCCCCCCCCCCCCCCCCCCC. The first-order chi connectivity index (χ1) is 45.8. The Hall–Kier alpha value is -3.29. The van der Waals surface area contributed by atoms with E-state index in [9.17, 15) is 61.0 Å². The number of aliphatic hydroxyl groups is 11. The molecule has 0 bridgehead atoms. The largest absolute Gasteiger partial charge is 0.394 e. The van der Waals surface area contributed by atoms with Crippen molar-refractivity contribution < 1.29 is 89.4 Å². The fraction of sp³-hybridized carbons (Fsp3) is 0.773. The molecule has 94 heavy (non-hydrogen) atoms. The van der Waals surface area contributed by atoms with Crippen LogP contribution in [-0.4, -0.2) is 193 Å². The van der Waals surface area contributed by atoms with Gasteiger partial charge in [-0.15, -0.1) is 0 Å². The molecule has 19 nitrogen and oxygen atoms in total. The van der Waals surface area contributed by atoms with Crippen molar-refractivity contribution >= 4 is 5.91 Å². The zero-order valence-electron chi connectivity index (χ0n) is 57.4. The summed E-state index contributed by atoms with van der Waals surface area (Å²) in [5.74, 6) is -0.270. The minimum Gasteiger partial charge on any atom is -0.394 e. The van der Waals surface area contributed by atoms with E-state index in [0.29, 0.717) is 12.8 Å². The maximum Gasteiger partial charge on any atom is 0.220 e. The minimum atomic E-state index is -1.98. The molecule has 0 aromatic rings. The van der Waals surface area contributed by atoms with Crippen molar-refractivity contribution in [3.8, 4) is 0 Å². The molecule has 0 aromatic carbocycles. The first kappa shape index (κ1) is 84.9. The predicted molar refractivity (Wildman–Crippen MR) is 369 cm³/mol. The number of carbonyl (C=O) groups excluding carboxylic acids is 1. The van der Waals surface area contributed by atoms with E-state index >= 15 is 0 Å². The third-order valence-corrected chi connectivity index (χ3v) is 17.7. The van der Waals surface area contributed by atoms with Gasteiger partial charge in [0, 0.05) is 6.42 Å². The molecule has 542 valence electrons. The third kappa shape index (κ3) is 36.5. The molecule has 17 unspecified atom stereocenters. The summed E-state index contributed by atoms with van der Waals surface area (Å²) in [5, 5.41) is 121. The zero-order chi connectivity index (χ0) is 68.2. The first-order valence-electron chi connectivity index (χ1n) is 36.5. The molecular weight excluding hydrogens is 1200 g/mol. The first-order valence-corrected chi connectivity index (χ1v) is 36.5. The molecule has 3 fully saturated rings. The normalized spacial score (nSPS) is 27.9. The van der Waals surface area contributed by atoms with E-state index in [1.807, 2.05) is 0 Å². The Morgan fingerprint density at radius 1 is 0.394 bits per heavy atom. The second-order valence-corrected chi connectivity index (χ2v) is 25.7. The minimum absolute atomic E-state index is 0.231. The molecule has 17 atom stereocenters. The Kier molecular flexibility index (Phi) is 50.2. The smallest absolute Gasteiger partial charge is 0.220 e. The van der Waals surface area contributed by atoms with Crippen LogP contribution in [0.3, 0.4) is 0 Å². The Morgan fingerprint density at radius 3 is 1.15 bits per heavy atom. The Bertz CT molecular complexity index is 2080. The summed E-state index contributed by atoms with van der Waals surface area (Å²) >= 11 is 0. The lowest BCUT2D eigenvalue weighted by atomic mass is 9.96. The van der Waals surface area contributed by atoms with Gasteiger partial charge in [0.1, 0.15) is 73.2 Å². The van der Waals surface area contributed by atoms with E-state index in [0.717, 1.165) is 103 Å². The number of unbranched alkanes of at least 4 members (excludes halogenated alkanes) is 23. The van der Waals surface area contributed by atoms with Gasteiger partial charge in [0.05, 0.1) is 38.6 Å². The number of ether oxygens (including phenoxy) is 6. The van der Waals surface area contributed by atoms with Crippen molar-refractivity contribution in [2.24, 2.45) is 0 Å². The maximum atomic E-state index is 13.4. The molecule has 3 aliphatic heterocycles. The van der Waals surface area contributed by atoms with Crippen molar-refractivity contribution in [2.75, 3.05) is 26.4 Å². The van der Waals surface area contributed by atoms with Crippen molar-refractivity contribution in [2.45, 2.75) is 343 Å². The Morgan fingerprint density at radius 2 is 0.734 bits per heavy atom. The van der Waals surface area contributed by atoms with Gasteiger partial charge in [0.2, 0.25) is 5.91 Å². The van der Waals surface area contributed by atoms with Crippen LogP contribution in [0.15, 0.2) is 97.2 Å². The number of hydrogen-bond donors (Lipinski definition) is 12. The monoisotopic (exact) mass is 1330 g/mol. The van der Waals surface area contributed by atoms with Crippen LogP contribution in [0.2, 0.25) is 0 Å². The molecule has 3 rings (SSSR count). The van der Waals surface area contributed by atoms with Crippen LogP contribution in [0.25, 0.3) is 0 Å². The molecule has 0 spiro atoms. The second-order valence-electron chi connectivity index (χ2n) is 25.7. The Balaban J connectivity index is 1.43. The van der Waals surface area contributed by atoms with Gasteiger partial charge in [-0.25, -0.2) is 0 Å². The van der Waals surface area contributed by atoms with Crippen molar-refractivity contribution in [3.63, 3.8) is 0 Å². The zero-order valence-corrected chi connectivity index (χ0v) is 57.4. The molecule has 12 N–H and O–H groups in total. The number of nitrogens with one attached hydrogen (secondary N) is 1. The maximum absolute atomic E-state index is 13.4. The molecule has 0 aromatic heterocycles. The lowest BCUT2D eigenvalue weighted by Crippen LogP contribution is -2.66. The van der Waals surface area contributed by atoms with E-state index in [2.05, 4.69) is 116 Å². The average Bonchev–Trinajstić information content (AvgIpc) is 0.787. The topological polar surface area (TPSA) is 307 Å². The van der Waals surface area contributed by atoms with Crippen LogP contribution in [0, 0.1) is 0 Å². The summed E-state index contributed by atoms with van der Waals surface area (Å²) in [6, 6.07) is -0.909.